The second-order valence-electron chi connectivity index (χ2n) is 5.65. The Morgan fingerprint density at radius 3 is 2.12 bits per heavy atom. The molecule has 0 aliphatic heterocycles. The number of carbonyl (C=O) groups excluding carboxylic acids is 1. The van der Waals surface area contributed by atoms with Crippen molar-refractivity contribution in [1.82, 2.24) is 4.57 Å². The standard InChI is InChI=1S/C20H17NO3/c1-13-19(14(2)22)18(15-6-4-3-5-7-15)12-21(13)17-10-8-16(9-11-17)20(23)24/h3-12H,1-2H3,(H,23,24). The number of ketones is 1. The number of carbonyl (C=O) groups is 2. The van der Waals surface area contributed by atoms with Crippen molar-refractivity contribution in [1.29, 1.82) is 0 Å². The number of rotatable bonds is 4. The Hall–Kier alpha value is -3.14. The Bertz CT molecular complexity index is 906. The number of benzene rings is 2. The molecule has 4 heteroatoms. The topological polar surface area (TPSA) is 59.3 Å². The molecule has 0 saturated carbocycles. The van der Waals surface area contributed by atoms with Gasteiger partial charge in [0.05, 0.1) is 5.56 Å². The van der Waals surface area contributed by atoms with Crippen LogP contribution in [0.5, 0.6) is 0 Å². The van der Waals surface area contributed by atoms with E-state index in [2.05, 4.69) is 0 Å². The van der Waals surface area contributed by atoms with E-state index < -0.39 is 5.97 Å². The van der Waals surface area contributed by atoms with E-state index in [-0.39, 0.29) is 11.3 Å². The van der Waals surface area contributed by atoms with E-state index in [0.717, 1.165) is 22.5 Å². The largest absolute Gasteiger partial charge is 0.478 e. The molecule has 0 spiro atoms. The van der Waals surface area contributed by atoms with Crippen LogP contribution in [-0.4, -0.2) is 21.4 Å². The molecule has 0 saturated heterocycles. The van der Waals surface area contributed by atoms with Crippen molar-refractivity contribution in [2.24, 2.45) is 0 Å². The molecule has 0 amide bonds. The highest BCUT2D eigenvalue weighted by atomic mass is 16.4. The van der Waals surface area contributed by atoms with E-state index in [1.165, 1.54) is 0 Å². The minimum absolute atomic E-state index is 0.00672. The van der Waals surface area contributed by atoms with Crippen LogP contribution >= 0.6 is 0 Å². The summed E-state index contributed by atoms with van der Waals surface area (Å²) in [5.41, 5.74) is 4.43. The van der Waals surface area contributed by atoms with Gasteiger partial charge >= 0.3 is 5.97 Å². The molecule has 4 nitrogen and oxygen atoms in total. The average molecular weight is 319 g/mol. The number of nitrogens with zero attached hydrogens (tertiary/aromatic N) is 1. The molecule has 1 heterocycles. The molecule has 3 aromatic rings. The molecule has 0 fully saturated rings. The predicted molar refractivity (Wildman–Crippen MR) is 92.9 cm³/mol. The summed E-state index contributed by atoms with van der Waals surface area (Å²) >= 11 is 0. The lowest BCUT2D eigenvalue weighted by Gasteiger charge is -2.07. The Morgan fingerprint density at radius 2 is 1.58 bits per heavy atom. The number of hydrogen-bond acceptors (Lipinski definition) is 2. The van der Waals surface area contributed by atoms with E-state index >= 15 is 0 Å². The Labute approximate surface area is 140 Å². The van der Waals surface area contributed by atoms with Crippen LogP contribution in [0.2, 0.25) is 0 Å². The van der Waals surface area contributed by atoms with Gasteiger partial charge in [0.2, 0.25) is 0 Å². The molecule has 0 unspecified atom stereocenters. The molecular formula is C20H17NO3. The monoisotopic (exact) mass is 319 g/mol. The van der Waals surface area contributed by atoms with Crippen molar-refractivity contribution in [3.63, 3.8) is 0 Å². The lowest BCUT2D eigenvalue weighted by atomic mass is 10.0. The molecule has 120 valence electrons. The molecule has 1 N–H and O–H groups in total. The molecule has 0 aliphatic carbocycles. The summed E-state index contributed by atoms with van der Waals surface area (Å²) in [5.74, 6) is -0.951. The first-order valence-electron chi connectivity index (χ1n) is 7.61. The second kappa shape index (κ2) is 6.16. The van der Waals surface area contributed by atoms with Crippen LogP contribution < -0.4 is 0 Å². The third-order valence-electron chi connectivity index (χ3n) is 4.08. The van der Waals surface area contributed by atoms with Crippen LogP contribution in [0.25, 0.3) is 16.8 Å². The van der Waals surface area contributed by atoms with Crippen molar-refractivity contribution < 1.29 is 14.7 Å². The number of Topliss-reactive ketones (excluding diaryl/α,β-unsaturated/α-hetero) is 1. The molecule has 0 atom stereocenters. The fourth-order valence-electron chi connectivity index (χ4n) is 2.92. The van der Waals surface area contributed by atoms with Gasteiger partial charge in [-0.15, -0.1) is 0 Å². The maximum atomic E-state index is 12.2. The quantitative estimate of drug-likeness (QED) is 0.727. The van der Waals surface area contributed by atoms with Crippen LogP contribution in [0.1, 0.15) is 33.3 Å². The third kappa shape index (κ3) is 2.74. The van der Waals surface area contributed by atoms with Crippen molar-refractivity contribution in [3.05, 3.63) is 77.6 Å². The lowest BCUT2D eigenvalue weighted by Crippen LogP contribution is -2.01. The van der Waals surface area contributed by atoms with Crippen LogP contribution in [0.3, 0.4) is 0 Å². The first kappa shape index (κ1) is 15.7. The second-order valence-corrected chi connectivity index (χ2v) is 5.65. The highest BCUT2D eigenvalue weighted by molar-refractivity contribution is 6.02. The fraction of sp³-hybridized carbons (Fsp3) is 0.100. The van der Waals surface area contributed by atoms with Crippen LogP contribution in [0.4, 0.5) is 0 Å². The summed E-state index contributed by atoms with van der Waals surface area (Å²) in [6, 6.07) is 16.4. The van der Waals surface area contributed by atoms with Crippen LogP contribution in [0.15, 0.2) is 60.8 Å². The van der Waals surface area contributed by atoms with Gasteiger partial charge in [-0.25, -0.2) is 4.79 Å². The first-order valence-corrected chi connectivity index (χ1v) is 7.61. The van der Waals surface area contributed by atoms with E-state index in [1.54, 1.807) is 31.2 Å². The van der Waals surface area contributed by atoms with Crippen molar-refractivity contribution in [3.8, 4) is 16.8 Å². The number of hydrogen-bond donors (Lipinski definition) is 1. The minimum Gasteiger partial charge on any atom is -0.478 e. The summed E-state index contributed by atoms with van der Waals surface area (Å²) in [5, 5.41) is 9.02. The van der Waals surface area contributed by atoms with Crippen molar-refractivity contribution in [2.75, 3.05) is 0 Å². The summed E-state index contributed by atoms with van der Waals surface area (Å²) in [7, 11) is 0. The van der Waals surface area contributed by atoms with Gasteiger partial charge in [0.25, 0.3) is 0 Å². The van der Waals surface area contributed by atoms with Crippen LogP contribution in [0, 0.1) is 6.92 Å². The SMILES string of the molecule is CC(=O)c1c(-c2ccccc2)cn(-c2ccc(C(=O)O)cc2)c1C. The summed E-state index contributed by atoms with van der Waals surface area (Å²) in [6.07, 6.45) is 1.93. The smallest absolute Gasteiger partial charge is 0.335 e. The number of carboxylic acids is 1. The zero-order valence-corrected chi connectivity index (χ0v) is 13.5. The van der Waals surface area contributed by atoms with E-state index in [1.807, 2.05) is 48.0 Å². The summed E-state index contributed by atoms with van der Waals surface area (Å²) < 4.78 is 1.92. The van der Waals surface area contributed by atoms with Gasteiger partial charge in [0, 0.05) is 28.7 Å². The average Bonchev–Trinajstić information content (AvgIpc) is 2.93. The van der Waals surface area contributed by atoms with E-state index in [0.29, 0.717) is 5.56 Å². The van der Waals surface area contributed by atoms with Gasteiger partial charge < -0.3 is 9.67 Å². The maximum Gasteiger partial charge on any atom is 0.335 e. The molecular weight excluding hydrogens is 302 g/mol. The highest BCUT2D eigenvalue weighted by Gasteiger charge is 2.18. The molecule has 0 aliphatic rings. The molecule has 0 radical (unpaired) electrons. The van der Waals surface area contributed by atoms with Gasteiger partial charge in [-0.05, 0) is 43.7 Å². The number of carboxylic acid groups (broad SMARTS) is 1. The lowest BCUT2D eigenvalue weighted by molar-refractivity contribution is 0.0696. The van der Waals surface area contributed by atoms with Gasteiger partial charge in [-0.1, -0.05) is 30.3 Å². The normalized spacial score (nSPS) is 10.6. The van der Waals surface area contributed by atoms with Gasteiger partial charge in [-0.3, -0.25) is 4.79 Å². The van der Waals surface area contributed by atoms with Gasteiger partial charge in [0.15, 0.2) is 5.78 Å². The zero-order chi connectivity index (χ0) is 17.3. The minimum atomic E-state index is -0.958. The number of aromatic nitrogens is 1. The predicted octanol–water partition coefficient (Wildman–Crippen LogP) is 4.35. The van der Waals surface area contributed by atoms with Crippen molar-refractivity contribution >= 4 is 11.8 Å². The Morgan fingerprint density at radius 1 is 0.958 bits per heavy atom. The van der Waals surface area contributed by atoms with Gasteiger partial charge in [-0.2, -0.15) is 0 Å². The zero-order valence-electron chi connectivity index (χ0n) is 13.5. The van der Waals surface area contributed by atoms with E-state index in [4.69, 9.17) is 5.11 Å². The van der Waals surface area contributed by atoms with E-state index in [9.17, 15) is 9.59 Å². The molecule has 24 heavy (non-hydrogen) atoms. The first-order chi connectivity index (χ1) is 11.5. The summed E-state index contributed by atoms with van der Waals surface area (Å²) in [4.78, 5) is 23.2. The molecule has 0 bridgehead atoms. The molecule has 2 aromatic carbocycles. The van der Waals surface area contributed by atoms with Gasteiger partial charge in [0.1, 0.15) is 0 Å². The number of aromatic carboxylic acids is 1. The Kier molecular flexibility index (Phi) is 4.04. The highest BCUT2D eigenvalue weighted by Crippen LogP contribution is 2.30. The Balaban J connectivity index is 2.16. The van der Waals surface area contributed by atoms with Crippen molar-refractivity contribution in [2.45, 2.75) is 13.8 Å². The fourth-order valence-corrected chi connectivity index (χ4v) is 2.92. The summed E-state index contributed by atoms with van der Waals surface area (Å²) in [6.45, 7) is 3.46. The maximum absolute atomic E-state index is 12.2. The molecule has 1 aromatic heterocycles. The third-order valence-corrected chi connectivity index (χ3v) is 4.08. The molecule has 3 rings (SSSR count). The van der Waals surface area contributed by atoms with Crippen LogP contribution in [-0.2, 0) is 0 Å².